The Morgan fingerprint density at radius 1 is 1.29 bits per heavy atom. The number of nitriles is 1. The number of hydrogen-bond acceptors (Lipinski definition) is 6. The Kier molecular flexibility index (Phi) is 6.58. The number of aryl methyl sites for hydroxylation is 2. The molecule has 2 saturated heterocycles. The first kappa shape index (κ1) is 25.0. The van der Waals surface area contributed by atoms with Crippen molar-refractivity contribution in [2.75, 3.05) is 38.6 Å². The molecule has 2 aliphatic heterocycles. The van der Waals surface area contributed by atoms with Gasteiger partial charge in [-0.1, -0.05) is 5.16 Å². The Morgan fingerprint density at radius 3 is 2.51 bits per heavy atom. The fraction of sp³-hybridized carbons (Fsp3) is 0.560. The molecule has 4 rings (SSSR count). The Hall–Kier alpha value is -3.06. The molecule has 1 aromatic carbocycles. The summed E-state index contributed by atoms with van der Waals surface area (Å²) in [4.78, 5) is 18.7. The molecule has 2 aliphatic rings. The minimum Gasteiger partial charge on any atom is -0.361 e. The number of hydrogen-bond donors (Lipinski definition) is 0. The van der Waals surface area contributed by atoms with Crippen molar-refractivity contribution in [1.82, 2.24) is 15.0 Å². The quantitative estimate of drug-likeness (QED) is 0.643. The molecule has 3 heterocycles. The van der Waals surface area contributed by atoms with E-state index in [9.17, 15) is 18.0 Å². The van der Waals surface area contributed by atoms with Crippen LogP contribution < -0.4 is 4.90 Å². The molecule has 7 nitrogen and oxygen atoms in total. The molecule has 0 N–H and O–H groups in total. The van der Waals surface area contributed by atoms with Crippen molar-refractivity contribution in [3.05, 3.63) is 46.3 Å². The second-order valence-electron chi connectivity index (χ2n) is 10.00. The highest BCUT2D eigenvalue weighted by molar-refractivity contribution is 5.86. The third-order valence-corrected chi connectivity index (χ3v) is 7.47. The van der Waals surface area contributed by atoms with Crippen LogP contribution in [0.4, 0.5) is 18.9 Å². The summed E-state index contributed by atoms with van der Waals surface area (Å²) in [5.41, 5.74) is 0.742. The molecule has 1 amide bonds. The Morgan fingerprint density at radius 2 is 1.97 bits per heavy atom. The molecule has 0 bridgehead atoms. The highest BCUT2D eigenvalue weighted by Gasteiger charge is 2.49. The number of carbonyl (C=O) groups excluding carboxylic acids is 1. The monoisotopic (exact) mass is 489 g/mol. The lowest BCUT2D eigenvalue weighted by Gasteiger charge is -2.39. The Balaban J connectivity index is 1.58. The van der Waals surface area contributed by atoms with Crippen LogP contribution >= 0.6 is 0 Å². The number of piperidine rings is 1. The van der Waals surface area contributed by atoms with Crippen LogP contribution in [0.5, 0.6) is 0 Å². The minimum absolute atomic E-state index is 0.127. The number of carbonyl (C=O) groups is 1. The van der Waals surface area contributed by atoms with Crippen LogP contribution in [0.2, 0.25) is 0 Å². The predicted molar refractivity (Wildman–Crippen MR) is 124 cm³/mol. The van der Waals surface area contributed by atoms with E-state index in [1.165, 1.54) is 17.0 Å². The van der Waals surface area contributed by atoms with Crippen LogP contribution in [0.3, 0.4) is 0 Å². The number of anilines is 1. The zero-order valence-corrected chi connectivity index (χ0v) is 20.4. The molecule has 188 valence electrons. The van der Waals surface area contributed by atoms with Gasteiger partial charge in [0.15, 0.2) is 0 Å². The fourth-order valence-electron chi connectivity index (χ4n) is 5.39. The predicted octanol–water partition coefficient (Wildman–Crippen LogP) is 4.13. The lowest BCUT2D eigenvalue weighted by molar-refractivity contribution is -0.137. The molecule has 35 heavy (non-hydrogen) atoms. The van der Waals surface area contributed by atoms with Gasteiger partial charge < -0.3 is 14.3 Å². The number of likely N-dealkylation sites (tertiary alicyclic amines) is 1. The van der Waals surface area contributed by atoms with E-state index < -0.39 is 23.3 Å². The summed E-state index contributed by atoms with van der Waals surface area (Å²) < 4.78 is 46.2. The number of alkyl halides is 3. The van der Waals surface area contributed by atoms with Gasteiger partial charge in [0.2, 0.25) is 5.91 Å². The van der Waals surface area contributed by atoms with Gasteiger partial charge in [-0.05, 0) is 69.8 Å². The summed E-state index contributed by atoms with van der Waals surface area (Å²) in [6, 6.07) is 4.82. The third-order valence-electron chi connectivity index (χ3n) is 7.47. The molecule has 1 spiro atoms. The van der Waals surface area contributed by atoms with E-state index in [4.69, 9.17) is 9.78 Å². The van der Waals surface area contributed by atoms with Gasteiger partial charge in [-0.25, -0.2) is 0 Å². The first-order valence-corrected chi connectivity index (χ1v) is 11.7. The fourth-order valence-corrected chi connectivity index (χ4v) is 5.39. The summed E-state index contributed by atoms with van der Waals surface area (Å²) in [7, 11) is 3.33. The van der Waals surface area contributed by atoms with Crippen molar-refractivity contribution in [2.24, 2.45) is 5.41 Å². The van der Waals surface area contributed by atoms with Gasteiger partial charge in [-0.15, -0.1) is 0 Å². The lowest BCUT2D eigenvalue weighted by Crippen LogP contribution is -2.43. The zero-order chi connectivity index (χ0) is 25.5. The molecule has 0 saturated carbocycles. The molecule has 0 aliphatic carbocycles. The van der Waals surface area contributed by atoms with Gasteiger partial charge in [-0.3, -0.25) is 9.69 Å². The van der Waals surface area contributed by atoms with Gasteiger partial charge in [0, 0.05) is 38.4 Å². The first-order valence-electron chi connectivity index (χ1n) is 11.7. The SMILES string of the molecule is Cc1noc(C)c1CN1CCC2(CC1)CC(C(=O)N(C)C)N(c1ccc(C#N)c(C(F)(F)F)c1)C2. The van der Waals surface area contributed by atoms with Gasteiger partial charge >= 0.3 is 6.18 Å². The van der Waals surface area contributed by atoms with E-state index in [-0.39, 0.29) is 11.3 Å². The molecule has 2 fully saturated rings. The second-order valence-corrected chi connectivity index (χ2v) is 10.00. The average Bonchev–Trinajstić information content (AvgIpc) is 3.34. The van der Waals surface area contributed by atoms with Gasteiger partial charge in [0.1, 0.15) is 11.8 Å². The van der Waals surface area contributed by atoms with Crippen molar-refractivity contribution in [3.8, 4) is 6.07 Å². The van der Waals surface area contributed by atoms with Crippen LogP contribution in [-0.4, -0.2) is 60.6 Å². The van der Waals surface area contributed by atoms with Gasteiger partial charge in [0.25, 0.3) is 0 Å². The molecule has 10 heteroatoms. The maximum absolute atomic E-state index is 13.6. The summed E-state index contributed by atoms with van der Waals surface area (Å²) in [6.45, 7) is 6.71. The highest BCUT2D eigenvalue weighted by atomic mass is 19.4. The zero-order valence-electron chi connectivity index (χ0n) is 20.4. The summed E-state index contributed by atoms with van der Waals surface area (Å²) in [5, 5.41) is 13.2. The number of nitrogens with zero attached hydrogens (tertiary/aromatic N) is 5. The minimum atomic E-state index is -4.65. The topological polar surface area (TPSA) is 76.6 Å². The summed E-state index contributed by atoms with van der Waals surface area (Å²) in [5.74, 6) is 0.686. The molecule has 1 unspecified atom stereocenters. The normalized spacial score (nSPS) is 20.3. The van der Waals surface area contributed by atoms with Crippen LogP contribution in [-0.2, 0) is 17.5 Å². The maximum atomic E-state index is 13.6. The Bertz CT molecular complexity index is 1120. The van der Waals surface area contributed by atoms with Crippen LogP contribution in [0, 0.1) is 30.6 Å². The van der Waals surface area contributed by atoms with E-state index in [1.54, 1.807) is 20.2 Å². The highest BCUT2D eigenvalue weighted by Crippen LogP contribution is 2.46. The van der Waals surface area contributed by atoms with E-state index in [0.717, 1.165) is 55.6 Å². The largest absolute Gasteiger partial charge is 0.417 e. The van der Waals surface area contributed by atoms with Crippen LogP contribution in [0.1, 0.15) is 47.4 Å². The van der Waals surface area contributed by atoms with Crippen molar-refractivity contribution in [3.63, 3.8) is 0 Å². The van der Waals surface area contributed by atoms with E-state index in [0.29, 0.717) is 18.7 Å². The van der Waals surface area contributed by atoms with Crippen LogP contribution in [0.15, 0.2) is 22.7 Å². The van der Waals surface area contributed by atoms with Crippen molar-refractivity contribution in [1.29, 1.82) is 5.26 Å². The number of rotatable bonds is 4. The molecule has 1 atom stereocenters. The summed E-state index contributed by atoms with van der Waals surface area (Å²) >= 11 is 0. The first-order chi connectivity index (χ1) is 16.4. The second kappa shape index (κ2) is 9.19. The van der Waals surface area contributed by atoms with Crippen molar-refractivity contribution in [2.45, 2.75) is 51.9 Å². The van der Waals surface area contributed by atoms with E-state index in [2.05, 4.69) is 10.1 Å². The van der Waals surface area contributed by atoms with Gasteiger partial charge in [-0.2, -0.15) is 18.4 Å². The Labute approximate surface area is 203 Å². The number of aromatic nitrogens is 1. The number of benzene rings is 1. The number of halogens is 3. The lowest BCUT2D eigenvalue weighted by atomic mass is 9.76. The smallest absolute Gasteiger partial charge is 0.361 e. The number of amides is 1. The summed E-state index contributed by atoms with van der Waals surface area (Å²) in [6.07, 6.45) is -2.38. The molecular formula is C25H30F3N5O2. The average molecular weight is 490 g/mol. The third kappa shape index (κ3) is 4.87. The molecule has 1 aromatic heterocycles. The molecular weight excluding hydrogens is 459 g/mol. The maximum Gasteiger partial charge on any atom is 0.417 e. The van der Waals surface area contributed by atoms with Gasteiger partial charge in [0.05, 0.1) is 22.9 Å². The van der Waals surface area contributed by atoms with Crippen molar-refractivity contribution >= 4 is 11.6 Å². The van der Waals surface area contributed by atoms with Crippen LogP contribution in [0.25, 0.3) is 0 Å². The van der Waals surface area contributed by atoms with Crippen molar-refractivity contribution < 1.29 is 22.5 Å². The standard InChI is InChI=1S/C25H30F3N5O2/c1-16-20(17(2)35-30-16)14-32-9-7-24(8-10-32)12-22(23(34)31(3)4)33(15-24)19-6-5-18(13-29)21(11-19)25(26,27)28/h5-6,11,22H,7-10,12,14-15H2,1-4H3. The molecule has 2 aromatic rings. The van der Waals surface area contributed by atoms with E-state index in [1.807, 2.05) is 18.7 Å². The molecule has 0 radical (unpaired) electrons. The number of likely N-dealkylation sites (N-methyl/N-ethyl adjacent to an activating group) is 1. The van der Waals surface area contributed by atoms with E-state index >= 15 is 0 Å².